The molecule has 0 bridgehead atoms. The van der Waals surface area contributed by atoms with Gasteiger partial charge in [-0.25, -0.2) is 14.4 Å². The number of hydrogen-bond acceptors (Lipinski definition) is 7. The zero-order valence-electron chi connectivity index (χ0n) is 18.5. The van der Waals surface area contributed by atoms with Crippen molar-refractivity contribution < 1.29 is 36.6 Å². The van der Waals surface area contributed by atoms with Gasteiger partial charge >= 0.3 is 6.36 Å². The number of alkyl halides is 3. The van der Waals surface area contributed by atoms with Gasteiger partial charge in [0.25, 0.3) is 11.5 Å². The molecule has 2 N–H and O–H groups in total. The van der Waals surface area contributed by atoms with Crippen LogP contribution in [-0.4, -0.2) is 47.5 Å². The number of aromatic nitrogens is 3. The second-order valence-corrected chi connectivity index (χ2v) is 6.98. The number of benzene rings is 1. The molecule has 0 radical (unpaired) electrons. The highest BCUT2D eigenvalue weighted by molar-refractivity contribution is 5.92. The first-order valence-corrected chi connectivity index (χ1v) is 10.2. The zero-order chi connectivity index (χ0) is 25.6. The number of carbonyl (C=O) groups is 1. The Morgan fingerprint density at radius 1 is 1.20 bits per heavy atom. The first-order valence-electron chi connectivity index (χ1n) is 10.2. The zero-order valence-corrected chi connectivity index (χ0v) is 18.5. The van der Waals surface area contributed by atoms with Crippen molar-refractivity contribution in [3.8, 4) is 23.0 Å². The van der Waals surface area contributed by atoms with Crippen LogP contribution in [0, 0.1) is 5.82 Å². The number of nitrogens with zero attached hydrogens (tertiary/aromatic N) is 2. The Bertz CT molecular complexity index is 1250. The lowest BCUT2D eigenvalue weighted by Gasteiger charge is -2.19. The average molecular weight is 496 g/mol. The van der Waals surface area contributed by atoms with Gasteiger partial charge < -0.3 is 24.5 Å². The van der Waals surface area contributed by atoms with Gasteiger partial charge in [0, 0.05) is 19.4 Å². The van der Waals surface area contributed by atoms with E-state index in [0.29, 0.717) is 12.4 Å². The fourth-order valence-corrected chi connectivity index (χ4v) is 3.09. The molecule has 3 aromatic rings. The van der Waals surface area contributed by atoms with Gasteiger partial charge in [0.1, 0.15) is 17.1 Å². The van der Waals surface area contributed by atoms with E-state index in [-0.39, 0.29) is 29.4 Å². The molecule has 1 aromatic carbocycles. The largest absolute Gasteiger partial charge is 0.573 e. The lowest BCUT2D eigenvalue weighted by molar-refractivity contribution is -0.275. The van der Waals surface area contributed by atoms with Crippen LogP contribution >= 0.6 is 0 Å². The van der Waals surface area contributed by atoms with E-state index in [1.54, 1.807) is 19.1 Å². The molecular weight excluding hydrogens is 476 g/mol. The van der Waals surface area contributed by atoms with Crippen LogP contribution < -0.4 is 20.3 Å². The third-order valence-electron chi connectivity index (χ3n) is 4.49. The number of halogens is 4. The summed E-state index contributed by atoms with van der Waals surface area (Å²) >= 11 is 0. The summed E-state index contributed by atoms with van der Waals surface area (Å²) in [7, 11) is 1.32. The van der Waals surface area contributed by atoms with Crippen molar-refractivity contribution in [2.45, 2.75) is 19.3 Å². The van der Waals surface area contributed by atoms with Crippen molar-refractivity contribution in [3.63, 3.8) is 0 Å². The van der Waals surface area contributed by atoms with Gasteiger partial charge in [0.2, 0.25) is 0 Å². The van der Waals surface area contributed by atoms with Crippen LogP contribution in [0.1, 0.15) is 29.0 Å². The van der Waals surface area contributed by atoms with Crippen LogP contribution in [-0.2, 0) is 4.74 Å². The van der Waals surface area contributed by atoms with Crippen molar-refractivity contribution in [1.29, 1.82) is 0 Å². The number of pyridine rings is 1. The summed E-state index contributed by atoms with van der Waals surface area (Å²) in [5.74, 6) is -2.81. The summed E-state index contributed by atoms with van der Waals surface area (Å²) in [5.41, 5.74) is -0.621. The van der Waals surface area contributed by atoms with E-state index in [2.05, 4.69) is 25.0 Å². The van der Waals surface area contributed by atoms with Crippen LogP contribution in [0.25, 0.3) is 11.5 Å². The maximum atomic E-state index is 14.2. The number of carbonyl (C=O) groups excluding carboxylic acids is 1. The minimum Gasteiger partial charge on any atom is -0.491 e. The first-order chi connectivity index (χ1) is 16.6. The Kier molecular flexibility index (Phi) is 8.02. The first kappa shape index (κ1) is 25.6. The molecule has 1 amide bonds. The fourth-order valence-electron chi connectivity index (χ4n) is 3.09. The van der Waals surface area contributed by atoms with Gasteiger partial charge in [-0.1, -0.05) is 6.07 Å². The highest BCUT2D eigenvalue weighted by Crippen LogP contribution is 2.28. The highest BCUT2D eigenvalue weighted by Gasteiger charge is 2.32. The summed E-state index contributed by atoms with van der Waals surface area (Å²) in [6.45, 7) is 1.93. The Morgan fingerprint density at radius 3 is 2.63 bits per heavy atom. The van der Waals surface area contributed by atoms with Crippen LogP contribution in [0.3, 0.4) is 0 Å². The number of nitrogens with one attached hydrogen (secondary N) is 2. The van der Waals surface area contributed by atoms with Gasteiger partial charge in [-0.05, 0) is 36.8 Å². The molecule has 0 saturated carbocycles. The second-order valence-electron chi connectivity index (χ2n) is 6.98. The van der Waals surface area contributed by atoms with Crippen LogP contribution in [0.15, 0.2) is 47.4 Å². The van der Waals surface area contributed by atoms with E-state index in [1.165, 1.54) is 13.3 Å². The van der Waals surface area contributed by atoms with Crippen molar-refractivity contribution in [2.75, 3.05) is 20.3 Å². The topological polar surface area (TPSA) is 115 Å². The van der Waals surface area contributed by atoms with Gasteiger partial charge in [-0.15, -0.1) is 13.2 Å². The second kappa shape index (κ2) is 11.0. The minimum atomic E-state index is -5.07. The average Bonchev–Trinajstić information content (AvgIpc) is 2.79. The smallest absolute Gasteiger partial charge is 0.491 e. The molecule has 0 fully saturated rings. The number of H-pyrrole nitrogens is 1. The molecule has 186 valence electrons. The summed E-state index contributed by atoms with van der Waals surface area (Å²) in [6, 6.07) is 5.92. The van der Waals surface area contributed by atoms with Gasteiger partial charge in [0.05, 0.1) is 19.3 Å². The number of rotatable bonds is 9. The number of methoxy groups -OCH3 is 1. The van der Waals surface area contributed by atoms with Gasteiger partial charge in [0.15, 0.2) is 17.4 Å². The molecule has 2 heterocycles. The molecular formula is C22H20F4N4O5. The molecule has 0 saturated heterocycles. The van der Waals surface area contributed by atoms with Gasteiger partial charge in [-0.3, -0.25) is 9.59 Å². The Morgan fingerprint density at radius 2 is 1.97 bits per heavy atom. The molecule has 0 spiro atoms. The Balaban J connectivity index is 1.89. The van der Waals surface area contributed by atoms with Crippen molar-refractivity contribution in [2.24, 2.45) is 0 Å². The summed E-state index contributed by atoms with van der Waals surface area (Å²) in [5, 5.41) is 2.53. The lowest BCUT2D eigenvalue weighted by Crippen LogP contribution is -2.33. The predicted octanol–water partition coefficient (Wildman–Crippen LogP) is 3.39. The lowest BCUT2D eigenvalue weighted by atomic mass is 10.1. The van der Waals surface area contributed by atoms with Crippen molar-refractivity contribution in [1.82, 2.24) is 20.3 Å². The summed E-state index contributed by atoms with van der Waals surface area (Å²) in [4.78, 5) is 35.9. The molecule has 0 aliphatic heterocycles. The molecule has 35 heavy (non-hydrogen) atoms. The fraction of sp³-hybridized carbons (Fsp3) is 0.273. The number of aromatic amines is 1. The Hall–Kier alpha value is -4.00. The van der Waals surface area contributed by atoms with E-state index in [1.807, 2.05) is 0 Å². The number of hydrogen-bond donors (Lipinski definition) is 2. The van der Waals surface area contributed by atoms with Crippen LogP contribution in [0.4, 0.5) is 17.6 Å². The number of ether oxygens (including phenoxy) is 3. The molecule has 3 rings (SSSR count). The SMILES string of the molecule is CCOc1cccnc1-c1nc(C(=O)N[C@H](COC)c2ccc(OC(F)(F)F)c(F)c2)cc(=O)[nH]1. The van der Waals surface area contributed by atoms with Crippen molar-refractivity contribution >= 4 is 5.91 Å². The Labute approximate surface area is 196 Å². The maximum Gasteiger partial charge on any atom is 0.573 e. The monoisotopic (exact) mass is 496 g/mol. The number of amides is 1. The van der Waals surface area contributed by atoms with Crippen molar-refractivity contribution in [3.05, 3.63) is 70.0 Å². The minimum absolute atomic E-state index is 0.0188. The molecule has 1 atom stereocenters. The molecule has 0 aliphatic rings. The predicted molar refractivity (Wildman–Crippen MR) is 114 cm³/mol. The maximum absolute atomic E-state index is 14.2. The molecule has 0 unspecified atom stereocenters. The van der Waals surface area contributed by atoms with Crippen LogP contribution in [0.5, 0.6) is 11.5 Å². The molecule has 2 aromatic heterocycles. The van der Waals surface area contributed by atoms with E-state index < -0.39 is 35.4 Å². The third kappa shape index (κ3) is 6.76. The van der Waals surface area contributed by atoms with E-state index in [9.17, 15) is 27.2 Å². The van der Waals surface area contributed by atoms with E-state index in [4.69, 9.17) is 9.47 Å². The molecule has 0 aliphatic carbocycles. The molecule has 9 nitrogen and oxygen atoms in total. The summed E-state index contributed by atoms with van der Waals surface area (Å²) < 4.78 is 65.5. The normalized spacial score (nSPS) is 12.2. The molecule has 13 heteroatoms. The quantitative estimate of drug-likeness (QED) is 0.437. The third-order valence-corrected chi connectivity index (χ3v) is 4.49. The standard InChI is InChI=1S/C22H20F4N4O5/c1-3-34-17-5-4-8-27-19(17)20-28-14(10-18(31)30-20)21(32)29-15(11-33-2)12-6-7-16(13(23)9-12)35-22(24,25)26/h4-10,15H,3,11H2,1-2H3,(H,29,32)(H,28,30,31)/t15-/m1/s1. The highest BCUT2D eigenvalue weighted by atomic mass is 19.4. The summed E-state index contributed by atoms with van der Waals surface area (Å²) in [6.07, 6.45) is -3.61. The van der Waals surface area contributed by atoms with Gasteiger partial charge in [-0.2, -0.15) is 0 Å². The van der Waals surface area contributed by atoms with Crippen LogP contribution in [0.2, 0.25) is 0 Å². The van der Waals surface area contributed by atoms with E-state index in [0.717, 1.165) is 24.3 Å². The van der Waals surface area contributed by atoms with E-state index >= 15 is 0 Å².